The third-order valence-corrected chi connectivity index (χ3v) is 6.10. The van der Waals surface area contributed by atoms with E-state index in [9.17, 15) is 9.59 Å². The summed E-state index contributed by atoms with van der Waals surface area (Å²) in [5, 5.41) is 8.63. The Bertz CT molecular complexity index is 1430. The fraction of sp³-hybridized carbons (Fsp3) is 0.200. The van der Waals surface area contributed by atoms with Crippen LogP contribution in [0.2, 0.25) is 0 Å². The number of carbonyl (C=O) groups is 1. The number of thiazole rings is 1. The van der Waals surface area contributed by atoms with E-state index in [1.807, 2.05) is 48.5 Å². The maximum atomic E-state index is 13.5. The second-order valence-electron chi connectivity index (χ2n) is 7.23. The summed E-state index contributed by atoms with van der Waals surface area (Å²) in [6, 6.07) is 17.8. The van der Waals surface area contributed by atoms with Gasteiger partial charge in [0.2, 0.25) is 0 Å². The average molecular weight is 460 g/mol. The number of ether oxygens (including phenoxy) is 2. The molecule has 1 aliphatic rings. The van der Waals surface area contributed by atoms with Gasteiger partial charge in [-0.25, -0.2) is 9.79 Å². The molecule has 8 heteroatoms. The van der Waals surface area contributed by atoms with E-state index in [1.165, 1.54) is 11.3 Å². The minimum absolute atomic E-state index is 0.0282. The van der Waals surface area contributed by atoms with Gasteiger partial charge in [-0.2, -0.15) is 5.26 Å². The Morgan fingerprint density at radius 2 is 1.94 bits per heavy atom. The van der Waals surface area contributed by atoms with Gasteiger partial charge in [-0.05, 0) is 43.2 Å². The molecule has 1 aromatic heterocycles. The van der Waals surface area contributed by atoms with Crippen molar-refractivity contribution in [3.63, 3.8) is 0 Å². The Kier molecular flexibility index (Phi) is 6.52. The molecule has 7 nitrogen and oxygen atoms in total. The third kappa shape index (κ3) is 4.49. The maximum absolute atomic E-state index is 13.5. The Morgan fingerprint density at radius 1 is 1.21 bits per heavy atom. The van der Waals surface area contributed by atoms with E-state index in [-0.39, 0.29) is 18.8 Å². The second kappa shape index (κ2) is 9.67. The van der Waals surface area contributed by atoms with Gasteiger partial charge in [0.05, 0.1) is 28.5 Å². The molecule has 4 rings (SSSR count). The molecule has 166 valence electrons. The van der Waals surface area contributed by atoms with Crippen molar-refractivity contribution in [3.05, 3.63) is 96.7 Å². The van der Waals surface area contributed by atoms with Gasteiger partial charge in [0.25, 0.3) is 5.56 Å². The van der Waals surface area contributed by atoms with Gasteiger partial charge in [0.15, 0.2) is 11.4 Å². The predicted molar refractivity (Wildman–Crippen MR) is 124 cm³/mol. The standard InChI is InChI=1S/C25H21N3O4S/c1-3-31-24(30)21-16(2)27-25-28(22(21)18-7-5-4-6-8-18)23(29)20(33-25)15-17-9-11-19(12-10-17)32-14-13-26/h4-12,15,22H,3,14H2,1-2H3/b20-15+. The van der Waals surface area contributed by atoms with Crippen molar-refractivity contribution in [1.82, 2.24) is 4.57 Å². The fourth-order valence-electron chi connectivity index (χ4n) is 3.67. The van der Waals surface area contributed by atoms with E-state index in [2.05, 4.69) is 4.99 Å². The van der Waals surface area contributed by atoms with E-state index in [4.69, 9.17) is 14.7 Å². The number of hydrogen-bond acceptors (Lipinski definition) is 7. The zero-order valence-electron chi connectivity index (χ0n) is 18.1. The normalized spacial score (nSPS) is 15.4. The van der Waals surface area contributed by atoms with Crippen molar-refractivity contribution in [1.29, 1.82) is 5.26 Å². The first kappa shape index (κ1) is 22.2. The van der Waals surface area contributed by atoms with Gasteiger partial charge < -0.3 is 9.47 Å². The molecule has 33 heavy (non-hydrogen) atoms. The number of carbonyl (C=O) groups excluding carboxylic acids is 1. The molecule has 0 radical (unpaired) electrons. The van der Waals surface area contributed by atoms with Crippen LogP contribution in [0.4, 0.5) is 0 Å². The molecule has 1 atom stereocenters. The van der Waals surface area contributed by atoms with Gasteiger partial charge in [0.1, 0.15) is 11.8 Å². The van der Waals surface area contributed by atoms with E-state index in [0.29, 0.717) is 26.4 Å². The zero-order chi connectivity index (χ0) is 23.4. The van der Waals surface area contributed by atoms with Crippen LogP contribution in [0.5, 0.6) is 5.75 Å². The van der Waals surface area contributed by atoms with Crippen molar-refractivity contribution in [2.24, 2.45) is 4.99 Å². The number of hydrogen-bond donors (Lipinski definition) is 0. The molecule has 0 saturated heterocycles. The highest BCUT2D eigenvalue weighted by Gasteiger charge is 2.33. The van der Waals surface area contributed by atoms with Crippen molar-refractivity contribution in [2.75, 3.05) is 13.2 Å². The maximum Gasteiger partial charge on any atom is 0.338 e. The SMILES string of the molecule is CCOC(=O)C1=C(C)N=c2s/c(=C/c3ccc(OCC#N)cc3)c(=O)n2C1c1ccccc1. The monoisotopic (exact) mass is 459 g/mol. The molecule has 0 fully saturated rings. The Balaban J connectivity index is 1.84. The lowest BCUT2D eigenvalue weighted by Crippen LogP contribution is -2.39. The largest absolute Gasteiger partial charge is 0.479 e. The van der Waals surface area contributed by atoms with Crippen LogP contribution in [0.25, 0.3) is 6.08 Å². The van der Waals surface area contributed by atoms with Crippen molar-refractivity contribution >= 4 is 23.4 Å². The summed E-state index contributed by atoms with van der Waals surface area (Å²) in [4.78, 5) is 31.4. The van der Waals surface area contributed by atoms with Crippen LogP contribution < -0.4 is 19.6 Å². The van der Waals surface area contributed by atoms with Gasteiger partial charge in [-0.15, -0.1) is 0 Å². The quantitative estimate of drug-likeness (QED) is 0.529. The Morgan fingerprint density at radius 3 is 2.61 bits per heavy atom. The molecule has 3 aromatic rings. The topological polar surface area (TPSA) is 93.7 Å². The first-order valence-electron chi connectivity index (χ1n) is 10.4. The van der Waals surface area contributed by atoms with E-state index in [1.54, 1.807) is 36.6 Å². The molecule has 0 spiro atoms. The minimum atomic E-state index is -0.620. The molecular formula is C25H21N3O4S. The molecule has 0 saturated carbocycles. The van der Waals surface area contributed by atoms with Crippen molar-refractivity contribution in [3.8, 4) is 11.8 Å². The van der Waals surface area contributed by atoms with Crippen LogP contribution >= 0.6 is 11.3 Å². The molecule has 0 aliphatic carbocycles. The molecule has 2 heterocycles. The van der Waals surface area contributed by atoms with E-state index in [0.717, 1.165) is 11.1 Å². The molecule has 2 aromatic carbocycles. The van der Waals surface area contributed by atoms with Crippen LogP contribution in [-0.4, -0.2) is 23.8 Å². The highest BCUT2D eigenvalue weighted by Crippen LogP contribution is 2.30. The van der Waals surface area contributed by atoms with Crippen LogP contribution in [0, 0.1) is 11.3 Å². The summed E-state index contributed by atoms with van der Waals surface area (Å²) < 4.78 is 12.6. The predicted octanol–water partition coefficient (Wildman–Crippen LogP) is 2.70. The van der Waals surface area contributed by atoms with Crippen molar-refractivity contribution < 1.29 is 14.3 Å². The average Bonchev–Trinajstić information content (AvgIpc) is 3.12. The number of allylic oxidation sites excluding steroid dienone is 1. The number of nitriles is 1. The first-order valence-corrected chi connectivity index (χ1v) is 11.2. The summed E-state index contributed by atoms with van der Waals surface area (Å²) in [6.07, 6.45) is 1.78. The van der Waals surface area contributed by atoms with Gasteiger partial charge in [-0.1, -0.05) is 53.8 Å². The third-order valence-electron chi connectivity index (χ3n) is 5.11. The molecular weight excluding hydrogens is 438 g/mol. The Hall–Kier alpha value is -3.96. The fourth-order valence-corrected chi connectivity index (χ4v) is 4.72. The first-order chi connectivity index (χ1) is 16.0. The minimum Gasteiger partial charge on any atom is -0.479 e. The summed E-state index contributed by atoms with van der Waals surface area (Å²) >= 11 is 1.27. The summed E-state index contributed by atoms with van der Waals surface area (Å²) in [7, 11) is 0. The number of benzene rings is 2. The molecule has 1 aliphatic heterocycles. The number of fused-ring (bicyclic) bond motifs is 1. The van der Waals surface area contributed by atoms with E-state index >= 15 is 0 Å². The van der Waals surface area contributed by atoms with Crippen LogP contribution in [0.15, 0.2) is 75.7 Å². The van der Waals surface area contributed by atoms with Gasteiger partial charge in [0, 0.05) is 0 Å². The number of rotatable bonds is 6. The lowest BCUT2D eigenvalue weighted by atomic mass is 9.96. The van der Waals surface area contributed by atoms with Gasteiger partial charge >= 0.3 is 5.97 Å². The lowest BCUT2D eigenvalue weighted by molar-refractivity contribution is -0.139. The molecule has 1 unspecified atom stereocenters. The van der Waals surface area contributed by atoms with Crippen molar-refractivity contribution in [2.45, 2.75) is 19.9 Å². The second-order valence-corrected chi connectivity index (χ2v) is 8.24. The van der Waals surface area contributed by atoms with Crippen LogP contribution in [0.1, 0.15) is 31.0 Å². The van der Waals surface area contributed by atoms with Gasteiger partial charge in [-0.3, -0.25) is 9.36 Å². The molecule has 0 bridgehead atoms. The zero-order valence-corrected chi connectivity index (χ0v) is 19.0. The number of esters is 1. The van der Waals surface area contributed by atoms with Crippen LogP contribution in [-0.2, 0) is 9.53 Å². The molecule has 0 amide bonds. The lowest BCUT2D eigenvalue weighted by Gasteiger charge is -2.24. The number of nitrogens with zero attached hydrogens (tertiary/aromatic N) is 3. The summed E-state index contributed by atoms with van der Waals surface area (Å²) in [6.45, 7) is 3.71. The summed E-state index contributed by atoms with van der Waals surface area (Å²) in [5.74, 6) is 0.101. The smallest absolute Gasteiger partial charge is 0.338 e. The Labute approximate surface area is 194 Å². The van der Waals surface area contributed by atoms with Crippen LogP contribution in [0.3, 0.4) is 0 Å². The highest BCUT2D eigenvalue weighted by molar-refractivity contribution is 7.07. The van der Waals surface area contributed by atoms with E-state index < -0.39 is 12.0 Å². The highest BCUT2D eigenvalue weighted by atomic mass is 32.1. The number of aromatic nitrogens is 1. The molecule has 0 N–H and O–H groups in total. The summed E-state index contributed by atoms with van der Waals surface area (Å²) in [5.41, 5.74) is 2.28.